The van der Waals surface area contributed by atoms with E-state index in [-0.39, 0.29) is 18.1 Å². The van der Waals surface area contributed by atoms with Crippen LogP contribution >= 0.6 is 31.5 Å². The van der Waals surface area contributed by atoms with Crippen molar-refractivity contribution in [2.45, 2.75) is 20.0 Å². The lowest BCUT2D eigenvalue weighted by atomic mass is 9.83. The van der Waals surface area contributed by atoms with E-state index in [2.05, 4.69) is 25.1 Å². The molecule has 3 aromatic heterocycles. The van der Waals surface area contributed by atoms with Gasteiger partial charge in [-0.2, -0.15) is 5.10 Å². The molecule has 5 rings (SSSR count). The number of ether oxygens (including phenoxy) is 1. The van der Waals surface area contributed by atoms with Gasteiger partial charge in [-0.25, -0.2) is 4.98 Å². The fourth-order valence-corrected chi connectivity index (χ4v) is 5.51. The summed E-state index contributed by atoms with van der Waals surface area (Å²) >= 11 is 12.6. The number of rotatable bonds is 8. The van der Waals surface area contributed by atoms with Gasteiger partial charge in [-0.15, -0.1) is 9.42 Å². The van der Waals surface area contributed by atoms with Gasteiger partial charge in [0.05, 0.1) is 15.6 Å². The molecule has 2 atom stereocenters. The second kappa shape index (κ2) is 9.92. The summed E-state index contributed by atoms with van der Waals surface area (Å²) in [6.07, 6.45) is 4.49. The number of halogens is 2. The van der Waals surface area contributed by atoms with Gasteiger partial charge in [0, 0.05) is 58.2 Å². The Kier molecular flexibility index (Phi) is 6.85. The van der Waals surface area contributed by atoms with Crippen molar-refractivity contribution in [1.82, 2.24) is 20.2 Å². The second-order valence-electron chi connectivity index (χ2n) is 9.14. The van der Waals surface area contributed by atoms with Crippen molar-refractivity contribution in [2.75, 3.05) is 24.6 Å². The summed E-state index contributed by atoms with van der Waals surface area (Å²) in [6, 6.07) is 9.62. The number of hydrogen-bond donors (Lipinski definition) is 2. The van der Waals surface area contributed by atoms with Crippen molar-refractivity contribution in [3.63, 3.8) is 0 Å². The number of fused-ring (bicyclic) bond motifs is 1. The highest BCUT2D eigenvalue weighted by molar-refractivity contribution is 7.32. The van der Waals surface area contributed by atoms with Crippen molar-refractivity contribution in [1.29, 1.82) is 0 Å². The van der Waals surface area contributed by atoms with E-state index >= 15 is 0 Å². The van der Waals surface area contributed by atoms with E-state index in [1.807, 2.05) is 44.2 Å². The summed E-state index contributed by atoms with van der Waals surface area (Å²) in [5.41, 5.74) is 2.99. The van der Waals surface area contributed by atoms with Crippen LogP contribution in [0.15, 0.2) is 48.9 Å². The Morgan fingerprint density at radius 2 is 1.94 bits per heavy atom. The van der Waals surface area contributed by atoms with Gasteiger partial charge in [0.15, 0.2) is 0 Å². The molecule has 1 saturated heterocycles. The number of aromatic nitrogens is 4. The van der Waals surface area contributed by atoms with Crippen molar-refractivity contribution in [3.05, 3.63) is 64.5 Å². The standard InChI is InChI=1S/C24H22Cl2N5O4P/c1-14(22-18(25)9-27-10-19(22)26)35-16-4-5-20-17(7-16)23(30-29-20)15-3-6-21(28-8-15)31-11-24(2,12-31)13-34-36(32)33/h3-10,14H,11-13H2,1-2H3,(H-,29,30,32,33)/p+1. The summed E-state index contributed by atoms with van der Waals surface area (Å²) in [7, 11) is -2.59. The Labute approximate surface area is 218 Å². The van der Waals surface area contributed by atoms with Gasteiger partial charge in [0.1, 0.15) is 30.0 Å². The average Bonchev–Trinajstić information content (AvgIpc) is 3.24. The van der Waals surface area contributed by atoms with Crippen molar-refractivity contribution in [3.8, 4) is 17.0 Å². The number of pyridine rings is 2. The molecule has 0 radical (unpaired) electrons. The summed E-state index contributed by atoms with van der Waals surface area (Å²) < 4.78 is 21.9. The highest BCUT2D eigenvalue weighted by Gasteiger charge is 2.42. The molecule has 12 heteroatoms. The van der Waals surface area contributed by atoms with Gasteiger partial charge in [-0.1, -0.05) is 30.1 Å². The molecule has 0 spiro atoms. The Bertz CT molecular complexity index is 1410. The fraction of sp³-hybridized carbons (Fsp3) is 0.292. The van der Waals surface area contributed by atoms with Gasteiger partial charge in [-0.05, 0) is 37.3 Å². The van der Waals surface area contributed by atoms with Crippen LogP contribution in [0.25, 0.3) is 22.2 Å². The van der Waals surface area contributed by atoms with Gasteiger partial charge in [0.25, 0.3) is 0 Å². The van der Waals surface area contributed by atoms with Crippen LogP contribution in [-0.4, -0.2) is 44.8 Å². The van der Waals surface area contributed by atoms with Gasteiger partial charge in [0.2, 0.25) is 0 Å². The molecule has 1 aliphatic heterocycles. The third-order valence-corrected chi connectivity index (χ3v) is 7.11. The van der Waals surface area contributed by atoms with Crippen LogP contribution in [0.4, 0.5) is 5.82 Å². The van der Waals surface area contributed by atoms with E-state index in [1.165, 1.54) is 0 Å². The maximum Gasteiger partial charge on any atom is 0.694 e. The zero-order valence-electron chi connectivity index (χ0n) is 19.5. The Hall–Kier alpha value is -2.81. The summed E-state index contributed by atoms with van der Waals surface area (Å²) in [6.45, 7) is 5.52. The van der Waals surface area contributed by atoms with E-state index in [4.69, 9.17) is 37.4 Å². The maximum absolute atomic E-state index is 10.8. The molecule has 2 unspecified atom stereocenters. The molecule has 1 fully saturated rings. The molecule has 2 N–H and O–H groups in total. The Morgan fingerprint density at radius 3 is 2.61 bits per heavy atom. The molecule has 4 aromatic rings. The number of anilines is 1. The zero-order chi connectivity index (χ0) is 25.4. The smallest absolute Gasteiger partial charge is 0.486 e. The lowest BCUT2D eigenvalue weighted by Crippen LogP contribution is -2.57. The normalized spacial score (nSPS) is 16.0. The molecule has 0 aliphatic carbocycles. The van der Waals surface area contributed by atoms with Crippen LogP contribution in [0.1, 0.15) is 25.5 Å². The third-order valence-electron chi connectivity index (χ3n) is 6.16. The first-order chi connectivity index (χ1) is 17.2. The largest absolute Gasteiger partial charge is 0.694 e. The Morgan fingerprint density at radius 1 is 1.19 bits per heavy atom. The first-order valence-corrected chi connectivity index (χ1v) is 13.1. The minimum absolute atomic E-state index is 0.176. The minimum Gasteiger partial charge on any atom is -0.486 e. The summed E-state index contributed by atoms with van der Waals surface area (Å²) in [5, 5.41) is 9.34. The van der Waals surface area contributed by atoms with E-state index in [9.17, 15) is 4.57 Å². The van der Waals surface area contributed by atoms with Gasteiger partial charge < -0.3 is 9.64 Å². The molecule has 9 nitrogen and oxygen atoms in total. The SMILES string of the molecule is CC(Oc1ccc2[nH]nc(-c3ccc(N4CC(C)(CO[P+](=O)O)C4)nc3)c2c1)c1c(Cl)cncc1Cl. The van der Waals surface area contributed by atoms with E-state index in [1.54, 1.807) is 18.6 Å². The number of nitrogens with one attached hydrogen (secondary N) is 1. The first-order valence-electron chi connectivity index (χ1n) is 11.2. The fourth-order valence-electron chi connectivity index (χ4n) is 4.41. The van der Waals surface area contributed by atoms with Crippen LogP contribution in [0.3, 0.4) is 0 Å². The zero-order valence-corrected chi connectivity index (χ0v) is 21.9. The number of H-pyrrole nitrogens is 1. The van der Waals surface area contributed by atoms with E-state index < -0.39 is 8.25 Å². The highest BCUT2D eigenvalue weighted by Crippen LogP contribution is 2.37. The van der Waals surface area contributed by atoms with Crippen LogP contribution in [0.5, 0.6) is 5.75 Å². The molecule has 0 amide bonds. The van der Waals surface area contributed by atoms with Crippen LogP contribution < -0.4 is 9.64 Å². The summed E-state index contributed by atoms with van der Waals surface area (Å²) in [4.78, 5) is 19.6. The van der Waals surface area contributed by atoms with E-state index in [0.29, 0.717) is 34.4 Å². The number of aromatic amines is 1. The average molecular weight is 547 g/mol. The van der Waals surface area contributed by atoms with Gasteiger partial charge in [-0.3, -0.25) is 10.1 Å². The number of benzene rings is 1. The molecule has 1 aliphatic rings. The highest BCUT2D eigenvalue weighted by atomic mass is 35.5. The van der Waals surface area contributed by atoms with Crippen LogP contribution in [0.2, 0.25) is 10.0 Å². The summed E-state index contributed by atoms with van der Waals surface area (Å²) in [5.74, 6) is 1.48. The van der Waals surface area contributed by atoms with Crippen molar-refractivity contribution >= 4 is 48.2 Å². The molecule has 186 valence electrons. The molecule has 0 saturated carbocycles. The molecule has 1 aromatic carbocycles. The lowest BCUT2D eigenvalue weighted by Gasteiger charge is -2.47. The predicted molar refractivity (Wildman–Crippen MR) is 139 cm³/mol. The lowest BCUT2D eigenvalue weighted by molar-refractivity contribution is 0.122. The molecule has 4 heterocycles. The van der Waals surface area contributed by atoms with E-state index in [0.717, 1.165) is 28.0 Å². The molecular weight excluding hydrogens is 524 g/mol. The quantitative estimate of drug-likeness (QED) is 0.260. The number of hydrogen-bond acceptors (Lipinski definition) is 7. The third kappa shape index (κ3) is 5.03. The Balaban J connectivity index is 1.32. The first kappa shape index (κ1) is 24.9. The molecular formula is C24H23Cl2N5O4P+. The molecule has 0 bridgehead atoms. The predicted octanol–water partition coefficient (Wildman–Crippen LogP) is 5.96. The van der Waals surface area contributed by atoms with Crippen LogP contribution in [0, 0.1) is 5.41 Å². The number of nitrogens with zero attached hydrogens (tertiary/aromatic N) is 4. The second-order valence-corrected chi connectivity index (χ2v) is 10.7. The minimum atomic E-state index is -2.59. The topological polar surface area (TPSA) is 113 Å². The van der Waals surface area contributed by atoms with Crippen molar-refractivity contribution < 1.29 is 18.7 Å². The maximum atomic E-state index is 10.8. The van der Waals surface area contributed by atoms with Gasteiger partial charge >= 0.3 is 8.25 Å². The van der Waals surface area contributed by atoms with Crippen molar-refractivity contribution in [2.24, 2.45) is 5.41 Å². The molecule has 36 heavy (non-hydrogen) atoms. The monoisotopic (exact) mass is 546 g/mol. The van der Waals surface area contributed by atoms with Crippen LogP contribution in [-0.2, 0) is 9.09 Å².